The SMILES string of the molecule is CCCSc1nc2n(n1)C(c1ccc(OCc3cccc(C)c3)c(OC)c1)C(C(=O)OC(C)C)=C(C)N2. The molecule has 0 aliphatic carbocycles. The highest BCUT2D eigenvalue weighted by molar-refractivity contribution is 7.99. The van der Waals surface area contributed by atoms with Gasteiger partial charge >= 0.3 is 5.97 Å². The molecule has 0 amide bonds. The second-order valence-corrected chi connectivity index (χ2v) is 10.3. The fourth-order valence-corrected chi connectivity index (χ4v) is 4.86. The molecule has 0 spiro atoms. The summed E-state index contributed by atoms with van der Waals surface area (Å²) in [6.07, 6.45) is 0.753. The van der Waals surface area contributed by atoms with E-state index in [2.05, 4.69) is 36.3 Å². The van der Waals surface area contributed by atoms with Crippen molar-refractivity contribution in [2.45, 2.75) is 64.9 Å². The fourth-order valence-electron chi connectivity index (χ4n) is 4.17. The van der Waals surface area contributed by atoms with Crippen molar-refractivity contribution in [2.24, 2.45) is 0 Å². The molecule has 8 nitrogen and oxygen atoms in total. The second kappa shape index (κ2) is 11.7. The average molecular weight is 523 g/mol. The zero-order valence-corrected chi connectivity index (χ0v) is 23.0. The number of ether oxygens (including phenoxy) is 3. The number of benzene rings is 2. The number of fused-ring (bicyclic) bond motifs is 1. The zero-order valence-electron chi connectivity index (χ0n) is 22.2. The normalized spacial score (nSPS) is 14.8. The van der Waals surface area contributed by atoms with Crippen LogP contribution in [0.2, 0.25) is 0 Å². The molecule has 0 saturated carbocycles. The Morgan fingerprint density at radius 3 is 2.68 bits per heavy atom. The van der Waals surface area contributed by atoms with Gasteiger partial charge in [-0.05, 0) is 57.4 Å². The summed E-state index contributed by atoms with van der Waals surface area (Å²) in [7, 11) is 1.61. The van der Waals surface area contributed by atoms with Crippen LogP contribution in [0.5, 0.6) is 11.5 Å². The predicted octanol–water partition coefficient (Wildman–Crippen LogP) is 5.92. The molecule has 2 heterocycles. The van der Waals surface area contributed by atoms with Gasteiger partial charge in [-0.3, -0.25) is 0 Å². The van der Waals surface area contributed by atoms with E-state index in [1.165, 1.54) is 5.56 Å². The molecule has 1 aromatic heterocycles. The zero-order chi connectivity index (χ0) is 26.5. The van der Waals surface area contributed by atoms with Crippen molar-refractivity contribution in [1.29, 1.82) is 0 Å². The summed E-state index contributed by atoms with van der Waals surface area (Å²) in [5, 5.41) is 8.65. The van der Waals surface area contributed by atoms with Crippen molar-refractivity contribution in [3.8, 4) is 11.5 Å². The van der Waals surface area contributed by atoms with Crippen LogP contribution in [-0.2, 0) is 16.1 Å². The molecule has 37 heavy (non-hydrogen) atoms. The van der Waals surface area contributed by atoms with E-state index in [1.807, 2.05) is 51.1 Å². The first kappa shape index (κ1) is 26.6. The molecule has 1 aliphatic rings. The van der Waals surface area contributed by atoms with Crippen LogP contribution in [0.1, 0.15) is 56.8 Å². The molecule has 196 valence electrons. The molecular weight excluding hydrogens is 488 g/mol. The maximum absolute atomic E-state index is 13.3. The van der Waals surface area contributed by atoms with Crippen molar-refractivity contribution in [2.75, 3.05) is 18.2 Å². The highest BCUT2D eigenvalue weighted by Gasteiger charge is 2.36. The largest absolute Gasteiger partial charge is 0.493 e. The lowest BCUT2D eigenvalue weighted by molar-refractivity contribution is -0.143. The van der Waals surface area contributed by atoms with E-state index in [0.29, 0.717) is 40.5 Å². The third-order valence-corrected chi connectivity index (χ3v) is 6.85. The average Bonchev–Trinajstić information content (AvgIpc) is 3.27. The molecule has 4 rings (SSSR count). The van der Waals surface area contributed by atoms with E-state index in [-0.39, 0.29) is 6.10 Å². The van der Waals surface area contributed by atoms with Crippen LogP contribution in [0.3, 0.4) is 0 Å². The van der Waals surface area contributed by atoms with Gasteiger partial charge in [-0.2, -0.15) is 4.98 Å². The summed E-state index contributed by atoms with van der Waals surface area (Å²) in [6, 6.07) is 13.4. The van der Waals surface area contributed by atoms with E-state index in [0.717, 1.165) is 23.3 Å². The van der Waals surface area contributed by atoms with Gasteiger partial charge in [-0.25, -0.2) is 9.48 Å². The second-order valence-electron chi connectivity index (χ2n) is 9.22. The molecule has 1 atom stereocenters. The number of nitrogens with zero attached hydrogens (tertiary/aromatic N) is 3. The van der Waals surface area contributed by atoms with E-state index >= 15 is 0 Å². The Balaban J connectivity index is 1.71. The van der Waals surface area contributed by atoms with Gasteiger partial charge in [-0.15, -0.1) is 5.10 Å². The number of esters is 1. The van der Waals surface area contributed by atoms with Crippen molar-refractivity contribution < 1.29 is 19.0 Å². The van der Waals surface area contributed by atoms with Gasteiger partial charge in [0.15, 0.2) is 11.5 Å². The first-order valence-electron chi connectivity index (χ1n) is 12.4. The molecule has 0 fully saturated rings. The number of carbonyl (C=O) groups excluding carboxylic acids is 1. The minimum absolute atomic E-state index is 0.256. The van der Waals surface area contributed by atoms with Crippen molar-refractivity contribution in [3.63, 3.8) is 0 Å². The Bertz CT molecular complexity index is 1300. The topological polar surface area (TPSA) is 87.5 Å². The Kier molecular flexibility index (Phi) is 8.43. The number of thioether (sulfide) groups is 1. The third kappa shape index (κ3) is 6.10. The fraction of sp³-hybridized carbons (Fsp3) is 0.393. The van der Waals surface area contributed by atoms with Crippen LogP contribution in [0, 0.1) is 6.92 Å². The number of carbonyl (C=O) groups is 1. The highest BCUT2D eigenvalue weighted by atomic mass is 32.2. The number of hydrogen-bond donors (Lipinski definition) is 1. The van der Waals surface area contributed by atoms with Gasteiger partial charge < -0.3 is 19.5 Å². The maximum Gasteiger partial charge on any atom is 0.338 e. The van der Waals surface area contributed by atoms with Gasteiger partial charge in [0, 0.05) is 11.4 Å². The van der Waals surface area contributed by atoms with E-state index in [1.54, 1.807) is 23.6 Å². The molecule has 0 radical (unpaired) electrons. The monoisotopic (exact) mass is 522 g/mol. The summed E-state index contributed by atoms with van der Waals surface area (Å²) in [4.78, 5) is 17.9. The number of nitrogens with one attached hydrogen (secondary N) is 1. The molecule has 2 aromatic carbocycles. The number of allylic oxidation sites excluding steroid dienone is 1. The van der Waals surface area contributed by atoms with Crippen molar-refractivity contribution in [3.05, 3.63) is 70.4 Å². The quantitative estimate of drug-likeness (QED) is 0.259. The number of rotatable bonds is 10. The summed E-state index contributed by atoms with van der Waals surface area (Å²) < 4.78 is 19.2. The van der Waals surface area contributed by atoms with Gasteiger partial charge in [-0.1, -0.05) is 54.6 Å². The Hall–Kier alpha value is -3.46. The minimum Gasteiger partial charge on any atom is -0.493 e. The van der Waals surface area contributed by atoms with E-state index < -0.39 is 12.0 Å². The maximum atomic E-state index is 13.3. The third-order valence-electron chi connectivity index (χ3n) is 5.81. The summed E-state index contributed by atoms with van der Waals surface area (Å²) >= 11 is 1.59. The lowest BCUT2D eigenvalue weighted by atomic mass is 9.95. The molecule has 9 heteroatoms. The molecule has 1 unspecified atom stereocenters. The summed E-state index contributed by atoms with van der Waals surface area (Å²) in [6.45, 7) is 10.1. The first-order chi connectivity index (χ1) is 17.8. The van der Waals surface area contributed by atoms with Crippen LogP contribution in [0.4, 0.5) is 5.95 Å². The van der Waals surface area contributed by atoms with Crippen LogP contribution < -0.4 is 14.8 Å². The molecule has 1 N–H and O–H groups in total. The van der Waals surface area contributed by atoms with Gasteiger partial charge in [0.2, 0.25) is 11.1 Å². The summed E-state index contributed by atoms with van der Waals surface area (Å²) in [5.41, 5.74) is 4.23. The van der Waals surface area contributed by atoms with Crippen LogP contribution in [0.15, 0.2) is 58.9 Å². The number of aryl methyl sites for hydroxylation is 1. The van der Waals surface area contributed by atoms with Crippen molar-refractivity contribution in [1.82, 2.24) is 14.8 Å². The van der Waals surface area contributed by atoms with Crippen LogP contribution >= 0.6 is 11.8 Å². The Morgan fingerprint density at radius 2 is 1.97 bits per heavy atom. The molecule has 0 bridgehead atoms. The van der Waals surface area contributed by atoms with E-state index in [9.17, 15) is 4.79 Å². The molecule has 1 aliphatic heterocycles. The number of hydrogen-bond acceptors (Lipinski definition) is 8. The van der Waals surface area contributed by atoms with Crippen LogP contribution in [0.25, 0.3) is 0 Å². The van der Waals surface area contributed by atoms with Gasteiger partial charge in [0.25, 0.3) is 0 Å². The number of anilines is 1. The smallest absolute Gasteiger partial charge is 0.338 e. The van der Waals surface area contributed by atoms with Crippen molar-refractivity contribution >= 4 is 23.7 Å². The lowest BCUT2D eigenvalue weighted by Gasteiger charge is -2.29. The van der Waals surface area contributed by atoms with E-state index in [4.69, 9.17) is 19.3 Å². The number of aromatic nitrogens is 3. The highest BCUT2D eigenvalue weighted by Crippen LogP contribution is 2.40. The molecule has 0 saturated heterocycles. The predicted molar refractivity (Wildman–Crippen MR) is 145 cm³/mol. The summed E-state index contributed by atoms with van der Waals surface area (Å²) in [5.74, 6) is 2.28. The van der Waals surface area contributed by atoms with Gasteiger partial charge in [0.1, 0.15) is 12.6 Å². The standard InChI is InChI=1S/C28H34N4O4S/c1-7-13-37-28-30-27-29-19(5)24(26(33)36-17(2)3)25(32(27)31-28)21-11-12-22(23(15-21)34-6)35-16-20-10-8-9-18(4)14-20/h8-12,14-15,17,25H,7,13,16H2,1-6H3,(H,29,30,31). The Morgan fingerprint density at radius 1 is 1.16 bits per heavy atom. The number of methoxy groups -OCH3 is 1. The van der Waals surface area contributed by atoms with Crippen LogP contribution in [-0.4, -0.2) is 39.7 Å². The first-order valence-corrected chi connectivity index (χ1v) is 13.4. The lowest BCUT2D eigenvalue weighted by Crippen LogP contribution is -2.30. The Labute approximate surface area is 222 Å². The molecular formula is C28H34N4O4S. The minimum atomic E-state index is -0.536. The van der Waals surface area contributed by atoms with Gasteiger partial charge in [0.05, 0.1) is 18.8 Å². The molecule has 3 aromatic rings.